The zero-order valence-corrected chi connectivity index (χ0v) is 19.7. The molecule has 9 heteroatoms. The molecule has 0 fully saturated rings. The number of hydrogen-bond donors (Lipinski definition) is 5. The first kappa shape index (κ1) is 26.9. The lowest BCUT2D eigenvalue weighted by Crippen LogP contribution is -2.54. The van der Waals surface area contributed by atoms with Gasteiger partial charge in [-0.1, -0.05) is 39.8 Å². The highest BCUT2D eigenvalue weighted by Crippen LogP contribution is 2.14. The van der Waals surface area contributed by atoms with Crippen molar-refractivity contribution < 1.29 is 19.2 Å². The minimum atomic E-state index is -0.845. The quantitative estimate of drug-likeness (QED) is 0.312. The summed E-state index contributed by atoms with van der Waals surface area (Å²) in [6.07, 6.45) is 1.66. The van der Waals surface area contributed by atoms with Crippen molar-refractivity contribution in [1.29, 1.82) is 0 Å². The summed E-state index contributed by atoms with van der Waals surface area (Å²) in [5, 5.41) is 10.7. The molecule has 9 nitrogen and oxygen atoms in total. The van der Waals surface area contributed by atoms with Gasteiger partial charge in [-0.25, -0.2) is 4.79 Å². The molecule has 178 valence electrons. The van der Waals surface area contributed by atoms with Gasteiger partial charge in [0.2, 0.25) is 17.7 Å². The number of anilines is 1. The molecule has 0 saturated carbocycles. The average Bonchev–Trinajstić information content (AvgIpc) is 2.68. The van der Waals surface area contributed by atoms with Gasteiger partial charge < -0.3 is 27.0 Å². The predicted molar refractivity (Wildman–Crippen MR) is 125 cm³/mol. The van der Waals surface area contributed by atoms with Crippen LogP contribution in [0, 0.1) is 11.8 Å². The number of rotatable bonds is 12. The molecule has 0 aromatic heterocycles. The van der Waals surface area contributed by atoms with Crippen molar-refractivity contribution >= 4 is 29.4 Å². The van der Waals surface area contributed by atoms with Crippen molar-refractivity contribution in [2.75, 3.05) is 11.9 Å². The monoisotopic (exact) mass is 447 g/mol. The summed E-state index contributed by atoms with van der Waals surface area (Å²) in [4.78, 5) is 48.1. The topological polar surface area (TPSA) is 142 Å². The van der Waals surface area contributed by atoms with E-state index in [2.05, 4.69) is 35.1 Å². The Bertz CT molecular complexity index is 777. The molecular weight excluding hydrogens is 410 g/mol. The van der Waals surface area contributed by atoms with Crippen LogP contribution in [0.5, 0.6) is 0 Å². The van der Waals surface area contributed by atoms with E-state index < -0.39 is 24.0 Å². The minimum absolute atomic E-state index is 0.160. The summed E-state index contributed by atoms with van der Waals surface area (Å²) in [5.74, 6) is -0.772. The first-order valence-corrected chi connectivity index (χ1v) is 11.0. The van der Waals surface area contributed by atoms with Gasteiger partial charge in [-0.3, -0.25) is 14.4 Å². The lowest BCUT2D eigenvalue weighted by molar-refractivity contribution is -0.131. The summed E-state index contributed by atoms with van der Waals surface area (Å²) in [7, 11) is 0. The van der Waals surface area contributed by atoms with Gasteiger partial charge in [-0.05, 0) is 48.8 Å². The van der Waals surface area contributed by atoms with Crippen molar-refractivity contribution in [1.82, 2.24) is 16.0 Å². The molecule has 5 amide bonds. The maximum Gasteiger partial charge on any atom is 0.312 e. The van der Waals surface area contributed by atoms with Crippen LogP contribution in [0.4, 0.5) is 10.5 Å². The molecule has 0 spiro atoms. The lowest BCUT2D eigenvalue weighted by atomic mass is 10.0. The van der Waals surface area contributed by atoms with Gasteiger partial charge in [0.25, 0.3) is 0 Å². The molecule has 0 saturated heterocycles. The van der Waals surface area contributed by atoms with E-state index >= 15 is 0 Å². The van der Waals surface area contributed by atoms with E-state index in [1.54, 1.807) is 0 Å². The number of hydrogen-bond acceptors (Lipinski definition) is 4. The SMILES string of the molecule is CC(=O)N[C@@H](C(=O)N[C@@H](CCCNC(N)=O)C(=O)Nc1ccc(CC(C)C)cc1)C(C)C. The van der Waals surface area contributed by atoms with Crippen LogP contribution in [0.2, 0.25) is 0 Å². The summed E-state index contributed by atoms with van der Waals surface area (Å²) in [6.45, 7) is 9.52. The van der Waals surface area contributed by atoms with Gasteiger partial charge in [0.1, 0.15) is 12.1 Å². The Morgan fingerprint density at radius 1 is 0.938 bits per heavy atom. The van der Waals surface area contributed by atoms with Crippen LogP contribution in [-0.4, -0.2) is 42.4 Å². The highest BCUT2D eigenvalue weighted by atomic mass is 16.2. The number of nitrogens with one attached hydrogen (secondary N) is 4. The van der Waals surface area contributed by atoms with E-state index in [1.165, 1.54) is 12.5 Å². The molecule has 0 aliphatic heterocycles. The van der Waals surface area contributed by atoms with E-state index in [4.69, 9.17) is 5.73 Å². The number of nitrogens with two attached hydrogens (primary N) is 1. The average molecular weight is 448 g/mol. The molecule has 0 aliphatic rings. The van der Waals surface area contributed by atoms with E-state index in [9.17, 15) is 19.2 Å². The van der Waals surface area contributed by atoms with Crippen LogP contribution >= 0.6 is 0 Å². The molecule has 0 aliphatic carbocycles. The van der Waals surface area contributed by atoms with Crippen molar-refractivity contribution in [2.24, 2.45) is 17.6 Å². The normalized spacial score (nSPS) is 12.7. The Morgan fingerprint density at radius 3 is 2.06 bits per heavy atom. The molecule has 32 heavy (non-hydrogen) atoms. The largest absolute Gasteiger partial charge is 0.352 e. The predicted octanol–water partition coefficient (Wildman–Crippen LogP) is 1.92. The zero-order chi connectivity index (χ0) is 24.3. The Balaban J connectivity index is 2.88. The Hall–Kier alpha value is -3.10. The molecule has 6 N–H and O–H groups in total. The third-order valence-electron chi connectivity index (χ3n) is 4.78. The lowest BCUT2D eigenvalue weighted by Gasteiger charge is -2.25. The van der Waals surface area contributed by atoms with Gasteiger partial charge >= 0.3 is 6.03 Å². The van der Waals surface area contributed by atoms with E-state index in [0.29, 0.717) is 18.0 Å². The van der Waals surface area contributed by atoms with E-state index in [0.717, 1.165) is 6.42 Å². The summed E-state index contributed by atoms with van der Waals surface area (Å²) in [6, 6.07) is 5.33. The smallest absolute Gasteiger partial charge is 0.312 e. The molecular formula is C23H37N5O4. The van der Waals surface area contributed by atoms with Crippen LogP contribution in [0.25, 0.3) is 0 Å². The van der Waals surface area contributed by atoms with Crippen molar-refractivity contribution in [3.63, 3.8) is 0 Å². The van der Waals surface area contributed by atoms with Crippen molar-refractivity contribution in [3.05, 3.63) is 29.8 Å². The Kier molecular flexibility index (Phi) is 11.2. The van der Waals surface area contributed by atoms with E-state index in [1.807, 2.05) is 38.1 Å². The number of carbonyl (C=O) groups excluding carboxylic acids is 4. The van der Waals surface area contributed by atoms with Crippen LogP contribution in [0.15, 0.2) is 24.3 Å². The van der Waals surface area contributed by atoms with Crippen LogP contribution in [-0.2, 0) is 20.8 Å². The Morgan fingerprint density at radius 2 is 1.56 bits per heavy atom. The molecule has 2 atom stereocenters. The second-order valence-electron chi connectivity index (χ2n) is 8.70. The van der Waals surface area contributed by atoms with Gasteiger partial charge in [0.15, 0.2) is 0 Å². The zero-order valence-electron chi connectivity index (χ0n) is 19.7. The second-order valence-corrected chi connectivity index (χ2v) is 8.70. The fourth-order valence-electron chi connectivity index (χ4n) is 3.23. The summed E-state index contributed by atoms with van der Waals surface area (Å²) < 4.78 is 0. The number of amides is 5. The highest BCUT2D eigenvalue weighted by molar-refractivity contribution is 5.98. The van der Waals surface area contributed by atoms with Gasteiger partial charge in [-0.15, -0.1) is 0 Å². The molecule has 1 aromatic rings. The number of urea groups is 1. The fraction of sp³-hybridized carbons (Fsp3) is 0.565. The molecule has 0 heterocycles. The molecule has 0 unspecified atom stereocenters. The number of primary amides is 1. The Labute approximate surface area is 190 Å². The van der Waals surface area contributed by atoms with Crippen LogP contribution < -0.4 is 27.0 Å². The number of benzene rings is 1. The van der Waals surface area contributed by atoms with Crippen LogP contribution in [0.1, 0.15) is 53.0 Å². The third kappa shape index (κ3) is 10.3. The van der Waals surface area contributed by atoms with Gasteiger partial charge in [0, 0.05) is 19.2 Å². The second kappa shape index (κ2) is 13.3. The van der Waals surface area contributed by atoms with Crippen LogP contribution in [0.3, 0.4) is 0 Å². The first-order chi connectivity index (χ1) is 15.0. The molecule has 1 aromatic carbocycles. The van der Waals surface area contributed by atoms with Crippen molar-refractivity contribution in [2.45, 2.75) is 66.0 Å². The summed E-state index contributed by atoms with van der Waals surface area (Å²) in [5.41, 5.74) is 6.88. The van der Waals surface area contributed by atoms with Crippen molar-refractivity contribution in [3.8, 4) is 0 Å². The van der Waals surface area contributed by atoms with E-state index in [-0.39, 0.29) is 30.7 Å². The third-order valence-corrected chi connectivity index (χ3v) is 4.78. The summed E-state index contributed by atoms with van der Waals surface area (Å²) >= 11 is 0. The standard InChI is InChI=1S/C23H37N5O4/c1-14(2)13-17-8-10-18(11-9-17)27-21(30)19(7-6-12-25-23(24)32)28-22(31)20(15(3)4)26-16(5)29/h8-11,14-15,19-20H,6-7,12-13H2,1-5H3,(H,26,29)(H,27,30)(H,28,31)(H3,24,25,32)/t19-,20+/m0/s1. The van der Waals surface area contributed by atoms with Gasteiger partial charge in [0.05, 0.1) is 0 Å². The maximum absolute atomic E-state index is 12.9. The molecule has 0 radical (unpaired) electrons. The van der Waals surface area contributed by atoms with Gasteiger partial charge in [-0.2, -0.15) is 0 Å². The fourth-order valence-corrected chi connectivity index (χ4v) is 3.23. The number of carbonyl (C=O) groups is 4. The molecule has 1 rings (SSSR count). The maximum atomic E-state index is 12.9. The highest BCUT2D eigenvalue weighted by Gasteiger charge is 2.28. The molecule has 0 bridgehead atoms. The minimum Gasteiger partial charge on any atom is -0.352 e. The first-order valence-electron chi connectivity index (χ1n) is 11.0.